The van der Waals surface area contributed by atoms with Crippen molar-refractivity contribution in [2.45, 2.75) is 47.0 Å². The van der Waals surface area contributed by atoms with Crippen molar-refractivity contribution in [2.24, 2.45) is 18.4 Å². The zero-order chi connectivity index (χ0) is 21.1. The number of carbonyl (C=O) groups excluding carboxylic acids is 1. The Morgan fingerprint density at radius 1 is 1.38 bits per heavy atom. The summed E-state index contributed by atoms with van der Waals surface area (Å²) in [6.07, 6.45) is 4.55. The minimum absolute atomic E-state index is 0.204. The van der Waals surface area contributed by atoms with Crippen LogP contribution in [0.25, 0.3) is 10.2 Å². The lowest BCUT2D eigenvalue weighted by atomic mass is 9.72. The largest absolute Gasteiger partial charge is 0.289 e. The first kappa shape index (κ1) is 20.5. The number of hydrogen-bond donors (Lipinski definition) is 1. The molecule has 1 aliphatic carbocycles. The molecule has 0 spiro atoms. The van der Waals surface area contributed by atoms with Crippen LogP contribution in [-0.4, -0.2) is 25.3 Å². The fourth-order valence-corrected chi connectivity index (χ4v) is 6.07. The molecule has 0 saturated carbocycles. The van der Waals surface area contributed by atoms with E-state index < -0.39 is 0 Å². The molecule has 0 unspecified atom stereocenters. The Bertz CT molecular complexity index is 1160. The topological polar surface area (TPSA) is 81.8 Å². The molecule has 1 amide bonds. The highest BCUT2D eigenvalue weighted by atomic mass is 127. The van der Waals surface area contributed by atoms with E-state index in [9.17, 15) is 9.59 Å². The van der Waals surface area contributed by atoms with Crippen LogP contribution in [0.5, 0.6) is 0 Å². The second kappa shape index (κ2) is 7.19. The van der Waals surface area contributed by atoms with E-state index in [-0.39, 0.29) is 16.9 Å². The minimum atomic E-state index is -0.377. The van der Waals surface area contributed by atoms with E-state index in [1.54, 1.807) is 31.5 Å². The van der Waals surface area contributed by atoms with Crippen molar-refractivity contribution in [1.82, 2.24) is 19.4 Å². The van der Waals surface area contributed by atoms with E-state index in [2.05, 4.69) is 58.9 Å². The summed E-state index contributed by atoms with van der Waals surface area (Å²) in [4.78, 5) is 32.8. The van der Waals surface area contributed by atoms with Crippen molar-refractivity contribution in [3.8, 4) is 0 Å². The van der Waals surface area contributed by atoms with Gasteiger partial charge < -0.3 is 0 Å². The lowest BCUT2D eigenvalue weighted by molar-refractivity contribution is 0.0996. The number of amides is 1. The first-order valence-corrected chi connectivity index (χ1v) is 11.5. The molecule has 0 saturated heterocycles. The normalized spacial score (nSPS) is 16.8. The van der Waals surface area contributed by atoms with Gasteiger partial charge in [0.2, 0.25) is 0 Å². The number of fused-ring (bicyclic) bond motifs is 3. The van der Waals surface area contributed by atoms with Crippen LogP contribution in [0.4, 0.5) is 0 Å². The third-order valence-corrected chi connectivity index (χ3v) is 7.74. The quantitative estimate of drug-likeness (QED) is 0.519. The molecule has 154 valence electrons. The monoisotopic (exact) mass is 525 g/mol. The molecule has 3 aromatic heterocycles. The number of rotatable bonds is 2. The van der Waals surface area contributed by atoms with E-state index >= 15 is 0 Å². The third kappa shape index (κ3) is 3.52. The van der Waals surface area contributed by atoms with Gasteiger partial charge in [-0.3, -0.25) is 19.7 Å². The molecule has 4 rings (SSSR count). The second-order valence-electron chi connectivity index (χ2n) is 8.69. The first-order valence-electron chi connectivity index (χ1n) is 9.60. The lowest BCUT2D eigenvalue weighted by Crippen LogP contribution is -2.36. The molecule has 0 fully saturated rings. The predicted octanol–water partition coefficient (Wildman–Crippen LogP) is 3.64. The zero-order valence-electron chi connectivity index (χ0n) is 17.2. The van der Waals surface area contributed by atoms with Gasteiger partial charge in [0.05, 0.1) is 15.2 Å². The lowest BCUT2D eigenvalue weighted by Gasteiger charge is -2.33. The Morgan fingerprint density at radius 3 is 2.72 bits per heavy atom. The van der Waals surface area contributed by atoms with Crippen LogP contribution in [0.1, 0.15) is 53.9 Å². The predicted molar refractivity (Wildman–Crippen MR) is 123 cm³/mol. The molecule has 3 aromatic rings. The summed E-state index contributed by atoms with van der Waals surface area (Å²) in [6, 6.07) is 0. The molecule has 1 N–H and O–H groups in total. The van der Waals surface area contributed by atoms with Crippen LogP contribution in [0, 0.1) is 21.8 Å². The highest BCUT2D eigenvalue weighted by Crippen LogP contribution is 2.42. The van der Waals surface area contributed by atoms with Crippen molar-refractivity contribution in [3.63, 3.8) is 0 Å². The summed E-state index contributed by atoms with van der Waals surface area (Å²) >= 11 is 3.69. The van der Waals surface area contributed by atoms with Crippen LogP contribution in [0.2, 0.25) is 0 Å². The number of hydrogen-bond acceptors (Lipinski definition) is 5. The Labute approximate surface area is 186 Å². The summed E-state index contributed by atoms with van der Waals surface area (Å²) < 4.78 is 3.50. The van der Waals surface area contributed by atoms with Gasteiger partial charge in [0.15, 0.2) is 0 Å². The summed E-state index contributed by atoms with van der Waals surface area (Å²) in [5.41, 5.74) is 4.29. The molecule has 1 atom stereocenters. The Balaban J connectivity index is 1.76. The van der Waals surface area contributed by atoms with Crippen LogP contribution >= 0.6 is 33.9 Å². The van der Waals surface area contributed by atoms with Crippen molar-refractivity contribution in [1.29, 1.82) is 0 Å². The second-order valence-corrected chi connectivity index (χ2v) is 10.9. The molecule has 0 aliphatic heterocycles. The SMILES string of the molecule is Cc1nc2sc3c(c2c(=O)n1NC(=O)c1c(I)cnn1C)CC[C@H](C(C)(C)C)C3. The fourth-order valence-electron chi connectivity index (χ4n) is 4.02. The molecule has 7 nitrogen and oxygen atoms in total. The molecular formula is C20H24IN5O2S. The maximum Gasteiger partial charge on any atom is 0.289 e. The van der Waals surface area contributed by atoms with E-state index in [4.69, 9.17) is 0 Å². The van der Waals surface area contributed by atoms with Gasteiger partial charge in [-0.05, 0) is 65.7 Å². The standard InChI is InChI=1S/C20H24IN5O2S/c1-10-23-18-15(12-7-6-11(20(2,3)4)8-14(12)29-18)19(28)26(10)24-17(27)16-13(21)9-22-25(16)5/h9,11H,6-8H2,1-5H3,(H,24,27)/t11-/m0/s1. The number of nitrogens with one attached hydrogen (secondary N) is 1. The average molecular weight is 525 g/mol. The van der Waals surface area contributed by atoms with Gasteiger partial charge in [0.25, 0.3) is 11.5 Å². The van der Waals surface area contributed by atoms with Gasteiger partial charge >= 0.3 is 0 Å². The number of aryl methyl sites for hydroxylation is 3. The molecule has 29 heavy (non-hydrogen) atoms. The molecule has 0 aromatic carbocycles. The van der Waals surface area contributed by atoms with Gasteiger partial charge in [0.1, 0.15) is 16.3 Å². The molecule has 9 heteroatoms. The van der Waals surface area contributed by atoms with Gasteiger partial charge in [-0.25, -0.2) is 9.66 Å². The van der Waals surface area contributed by atoms with Gasteiger partial charge in [0, 0.05) is 11.9 Å². The Hall–Kier alpha value is -1.75. The maximum absolute atomic E-state index is 13.3. The molecule has 0 bridgehead atoms. The highest BCUT2D eigenvalue weighted by Gasteiger charge is 2.32. The van der Waals surface area contributed by atoms with Crippen LogP contribution < -0.4 is 11.0 Å². The van der Waals surface area contributed by atoms with Crippen molar-refractivity contribution in [3.05, 3.63) is 42.1 Å². The summed E-state index contributed by atoms with van der Waals surface area (Å²) in [5.74, 6) is 0.689. The number of halogens is 1. The van der Waals surface area contributed by atoms with E-state index in [0.717, 1.165) is 33.2 Å². The van der Waals surface area contributed by atoms with Crippen LogP contribution in [-0.2, 0) is 19.9 Å². The number of nitrogens with zero attached hydrogens (tertiary/aromatic N) is 4. The first-order chi connectivity index (χ1) is 13.6. The summed E-state index contributed by atoms with van der Waals surface area (Å²) in [7, 11) is 1.70. The smallest absolute Gasteiger partial charge is 0.267 e. The molecule has 3 heterocycles. The van der Waals surface area contributed by atoms with Crippen molar-refractivity contribution in [2.75, 3.05) is 5.43 Å². The van der Waals surface area contributed by atoms with Gasteiger partial charge in [-0.15, -0.1) is 11.3 Å². The van der Waals surface area contributed by atoms with E-state index in [0.29, 0.717) is 22.8 Å². The summed E-state index contributed by atoms with van der Waals surface area (Å²) in [6.45, 7) is 8.58. The number of thiophene rings is 1. The molecule has 1 aliphatic rings. The van der Waals surface area contributed by atoms with E-state index in [1.165, 1.54) is 14.2 Å². The van der Waals surface area contributed by atoms with Gasteiger partial charge in [-0.2, -0.15) is 5.10 Å². The summed E-state index contributed by atoms with van der Waals surface area (Å²) in [5, 5.41) is 4.75. The fraction of sp³-hybridized carbons (Fsp3) is 0.500. The molecular weight excluding hydrogens is 501 g/mol. The Morgan fingerprint density at radius 2 is 2.10 bits per heavy atom. The highest BCUT2D eigenvalue weighted by molar-refractivity contribution is 14.1. The number of carbonyl (C=O) groups is 1. The van der Waals surface area contributed by atoms with Crippen LogP contribution in [0.3, 0.4) is 0 Å². The van der Waals surface area contributed by atoms with E-state index in [1.807, 2.05) is 0 Å². The minimum Gasteiger partial charge on any atom is -0.267 e. The Kier molecular flexibility index (Phi) is 5.09. The zero-order valence-corrected chi connectivity index (χ0v) is 20.1. The van der Waals surface area contributed by atoms with Crippen molar-refractivity contribution >= 4 is 50.1 Å². The molecule has 0 radical (unpaired) electrons. The van der Waals surface area contributed by atoms with Crippen LogP contribution in [0.15, 0.2) is 11.0 Å². The number of aromatic nitrogens is 4. The van der Waals surface area contributed by atoms with Crippen molar-refractivity contribution < 1.29 is 4.79 Å². The average Bonchev–Trinajstić information content (AvgIpc) is 3.16. The maximum atomic E-state index is 13.3. The third-order valence-electron chi connectivity index (χ3n) is 5.80. The van der Waals surface area contributed by atoms with Gasteiger partial charge in [-0.1, -0.05) is 20.8 Å².